The van der Waals surface area contributed by atoms with Gasteiger partial charge < -0.3 is 15.7 Å². The number of aliphatic carboxylic acids is 1. The third-order valence-corrected chi connectivity index (χ3v) is 3.69. The molecule has 0 saturated carbocycles. The van der Waals surface area contributed by atoms with Crippen LogP contribution in [0.4, 0.5) is 23.7 Å². The number of carboxylic acids is 1. The zero-order valence-electron chi connectivity index (χ0n) is 10.4. The van der Waals surface area contributed by atoms with E-state index in [0.29, 0.717) is 15.9 Å². The van der Waals surface area contributed by atoms with Crippen molar-refractivity contribution in [2.75, 3.05) is 5.32 Å². The minimum Gasteiger partial charge on any atom is -0.479 e. The van der Waals surface area contributed by atoms with E-state index in [1.807, 2.05) is 0 Å². The maximum absolute atomic E-state index is 12.7. The molecule has 1 rings (SSSR count). The van der Waals surface area contributed by atoms with E-state index in [4.69, 9.17) is 5.11 Å². The van der Waals surface area contributed by atoms with Crippen molar-refractivity contribution in [3.63, 3.8) is 0 Å². The Labute approximate surface area is 134 Å². The van der Waals surface area contributed by atoms with Crippen molar-refractivity contribution in [3.05, 3.63) is 27.1 Å². The number of carbonyl (C=O) groups excluding carboxylic acids is 1. The van der Waals surface area contributed by atoms with Crippen LogP contribution in [-0.4, -0.2) is 28.8 Å². The van der Waals surface area contributed by atoms with E-state index in [1.165, 1.54) is 11.4 Å². The number of carboxylic acid groups (broad SMARTS) is 1. The van der Waals surface area contributed by atoms with E-state index in [2.05, 4.69) is 37.2 Å². The highest BCUT2D eigenvalue weighted by Crippen LogP contribution is 2.31. The van der Waals surface area contributed by atoms with Gasteiger partial charge in [-0.15, -0.1) is 0 Å². The fourth-order valence-electron chi connectivity index (χ4n) is 1.22. The lowest BCUT2D eigenvalue weighted by Crippen LogP contribution is -2.62. The second kappa shape index (κ2) is 6.22. The highest BCUT2D eigenvalue weighted by atomic mass is 79.9. The number of anilines is 1. The summed E-state index contributed by atoms with van der Waals surface area (Å²) in [5, 5.41) is 12.3. The molecule has 116 valence electrons. The van der Waals surface area contributed by atoms with Crippen molar-refractivity contribution in [1.82, 2.24) is 5.32 Å². The Morgan fingerprint density at radius 3 is 2.24 bits per heavy atom. The summed E-state index contributed by atoms with van der Waals surface area (Å²) in [7, 11) is 0. The summed E-state index contributed by atoms with van der Waals surface area (Å²) in [5.74, 6) is -2.21. The summed E-state index contributed by atoms with van der Waals surface area (Å²) in [6.07, 6.45) is -5.15. The molecule has 0 heterocycles. The number of rotatable bonds is 3. The number of hydrogen-bond acceptors (Lipinski definition) is 2. The van der Waals surface area contributed by atoms with Crippen LogP contribution in [-0.2, 0) is 4.79 Å². The lowest BCUT2D eigenvalue weighted by Gasteiger charge is -2.28. The summed E-state index contributed by atoms with van der Waals surface area (Å²) in [6.45, 7) is 0.367. The standard InChI is InChI=1S/C11H9Br2F3N2O3/c1-10(8(19)20,11(14,15)16)18-9(21)17-7-3-2-5(12)4-6(7)13/h2-4H,1H3,(H,19,20)(H2,17,18,21). The SMILES string of the molecule is CC(NC(=O)Nc1ccc(Br)cc1Br)(C(=O)O)C(F)(F)F. The molecule has 0 aliphatic carbocycles. The first-order valence-electron chi connectivity index (χ1n) is 5.31. The van der Waals surface area contributed by atoms with Crippen molar-refractivity contribution in [3.8, 4) is 0 Å². The molecule has 0 aromatic heterocycles. The summed E-state index contributed by atoms with van der Waals surface area (Å²) in [5.41, 5.74) is -3.20. The quantitative estimate of drug-likeness (QED) is 0.679. The van der Waals surface area contributed by atoms with Gasteiger partial charge in [-0.2, -0.15) is 13.2 Å². The van der Waals surface area contributed by atoms with Gasteiger partial charge in [-0.25, -0.2) is 9.59 Å². The van der Waals surface area contributed by atoms with Crippen molar-refractivity contribution < 1.29 is 27.9 Å². The number of benzene rings is 1. The molecule has 10 heteroatoms. The summed E-state index contributed by atoms with van der Waals surface area (Å²) < 4.78 is 39.3. The summed E-state index contributed by atoms with van der Waals surface area (Å²) in [4.78, 5) is 22.4. The highest BCUT2D eigenvalue weighted by molar-refractivity contribution is 9.11. The topological polar surface area (TPSA) is 78.4 Å². The van der Waals surface area contributed by atoms with Gasteiger partial charge in [-0.1, -0.05) is 15.9 Å². The minimum absolute atomic E-state index is 0.186. The van der Waals surface area contributed by atoms with Crippen LogP contribution < -0.4 is 10.6 Å². The molecule has 21 heavy (non-hydrogen) atoms. The molecule has 3 N–H and O–H groups in total. The van der Waals surface area contributed by atoms with Gasteiger partial charge in [0.15, 0.2) is 0 Å². The lowest BCUT2D eigenvalue weighted by molar-refractivity contribution is -0.203. The monoisotopic (exact) mass is 432 g/mol. The van der Waals surface area contributed by atoms with Gasteiger partial charge in [0, 0.05) is 8.95 Å². The first-order chi connectivity index (χ1) is 9.47. The van der Waals surface area contributed by atoms with Gasteiger partial charge in [-0.3, -0.25) is 0 Å². The Bertz CT molecular complexity index is 580. The fourth-order valence-corrected chi connectivity index (χ4v) is 2.36. The van der Waals surface area contributed by atoms with Gasteiger partial charge in [0.2, 0.25) is 5.54 Å². The normalized spacial score (nSPS) is 14.2. The Morgan fingerprint density at radius 1 is 1.24 bits per heavy atom. The molecule has 1 aromatic carbocycles. The van der Waals surface area contributed by atoms with Crippen molar-refractivity contribution in [2.45, 2.75) is 18.6 Å². The number of halogens is 5. The maximum atomic E-state index is 12.7. The van der Waals surface area contributed by atoms with E-state index >= 15 is 0 Å². The molecule has 0 saturated heterocycles. The Balaban J connectivity index is 2.92. The van der Waals surface area contributed by atoms with Crippen LogP contribution in [0.1, 0.15) is 6.92 Å². The van der Waals surface area contributed by atoms with Crippen molar-refractivity contribution in [1.29, 1.82) is 0 Å². The molecule has 0 radical (unpaired) electrons. The van der Waals surface area contributed by atoms with E-state index in [0.717, 1.165) is 0 Å². The molecule has 0 spiro atoms. The number of hydrogen-bond donors (Lipinski definition) is 3. The molecule has 2 amide bonds. The van der Waals surface area contributed by atoms with Gasteiger partial charge >= 0.3 is 18.2 Å². The number of nitrogens with one attached hydrogen (secondary N) is 2. The Kier molecular flexibility index (Phi) is 5.26. The fraction of sp³-hybridized carbons (Fsp3) is 0.273. The first kappa shape index (κ1) is 17.8. The van der Waals surface area contributed by atoms with Crippen LogP contribution in [0.3, 0.4) is 0 Å². The molecule has 5 nitrogen and oxygen atoms in total. The third-order valence-electron chi connectivity index (χ3n) is 2.54. The zero-order valence-corrected chi connectivity index (χ0v) is 13.6. The average molecular weight is 434 g/mol. The molecule has 0 fully saturated rings. The molecule has 0 bridgehead atoms. The second-order valence-corrected chi connectivity index (χ2v) is 5.90. The molecule has 0 aliphatic heterocycles. The number of amides is 2. The Hall–Kier alpha value is -1.29. The predicted molar refractivity (Wildman–Crippen MR) is 76.1 cm³/mol. The zero-order chi connectivity index (χ0) is 16.4. The molecular formula is C11H9Br2F3N2O3. The largest absolute Gasteiger partial charge is 0.479 e. The van der Waals surface area contributed by atoms with Crippen LogP contribution in [0.2, 0.25) is 0 Å². The third kappa shape index (κ3) is 4.10. The molecule has 1 atom stereocenters. The molecule has 1 unspecified atom stereocenters. The van der Waals surface area contributed by atoms with Crippen LogP contribution in [0.5, 0.6) is 0 Å². The molecule has 0 aliphatic rings. The van der Waals surface area contributed by atoms with E-state index in [9.17, 15) is 22.8 Å². The summed E-state index contributed by atoms with van der Waals surface area (Å²) in [6, 6.07) is 3.26. The molecular weight excluding hydrogens is 425 g/mol. The van der Waals surface area contributed by atoms with Crippen LogP contribution in [0, 0.1) is 0 Å². The Morgan fingerprint density at radius 2 is 1.81 bits per heavy atom. The highest BCUT2D eigenvalue weighted by Gasteiger charge is 2.58. The predicted octanol–water partition coefficient (Wildman–Crippen LogP) is 3.74. The van der Waals surface area contributed by atoms with E-state index in [1.54, 1.807) is 12.1 Å². The average Bonchev–Trinajstić information content (AvgIpc) is 2.31. The van der Waals surface area contributed by atoms with Gasteiger partial charge in [0.1, 0.15) is 0 Å². The van der Waals surface area contributed by atoms with Gasteiger partial charge in [-0.05, 0) is 41.1 Å². The van der Waals surface area contributed by atoms with Crippen LogP contribution in [0.15, 0.2) is 27.1 Å². The lowest BCUT2D eigenvalue weighted by atomic mass is 10.0. The van der Waals surface area contributed by atoms with Gasteiger partial charge in [0.25, 0.3) is 0 Å². The number of urea groups is 1. The minimum atomic E-state index is -5.15. The van der Waals surface area contributed by atoms with E-state index < -0.39 is 23.7 Å². The van der Waals surface area contributed by atoms with E-state index in [-0.39, 0.29) is 5.69 Å². The van der Waals surface area contributed by atoms with Gasteiger partial charge in [0.05, 0.1) is 5.69 Å². The van der Waals surface area contributed by atoms with Crippen molar-refractivity contribution >= 4 is 49.5 Å². The van der Waals surface area contributed by atoms with Crippen molar-refractivity contribution in [2.24, 2.45) is 0 Å². The number of alkyl halides is 3. The first-order valence-corrected chi connectivity index (χ1v) is 6.90. The number of carbonyl (C=O) groups is 2. The molecule has 1 aromatic rings. The van der Waals surface area contributed by atoms with Crippen LogP contribution >= 0.6 is 31.9 Å². The summed E-state index contributed by atoms with van der Waals surface area (Å²) >= 11 is 6.28. The maximum Gasteiger partial charge on any atom is 0.422 e. The van der Waals surface area contributed by atoms with Crippen LogP contribution in [0.25, 0.3) is 0 Å². The second-order valence-electron chi connectivity index (χ2n) is 4.13. The smallest absolute Gasteiger partial charge is 0.422 e.